The van der Waals surface area contributed by atoms with Crippen molar-refractivity contribution in [1.82, 2.24) is 9.80 Å². The standard InChI is InChI=1S/C17H32N2O3/c1-18(15-6-3-2-4-7-15)17(21)14-19-10-8-16(9-11-19)22-13-5-12-20/h15-16,20H,2-14H2,1H3. The van der Waals surface area contributed by atoms with Gasteiger partial charge in [-0.15, -0.1) is 0 Å². The molecule has 1 aliphatic heterocycles. The third kappa shape index (κ3) is 5.52. The van der Waals surface area contributed by atoms with Gasteiger partial charge in [-0.2, -0.15) is 0 Å². The smallest absolute Gasteiger partial charge is 0.236 e. The molecule has 2 rings (SSSR count). The first kappa shape index (κ1) is 17.7. The van der Waals surface area contributed by atoms with E-state index in [4.69, 9.17) is 9.84 Å². The molecule has 22 heavy (non-hydrogen) atoms. The molecule has 2 fully saturated rings. The van der Waals surface area contributed by atoms with Crippen LogP contribution in [0.1, 0.15) is 51.4 Å². The second kappa shape index (κ2) is 9.48. The third-order valence-electron chi connectivity index (χ3n) is 5.07. The van der Waals surface area contributed by atoms with Gasteiger partial charge < -0.3 is 14.7 Å². The Balaban J connectivity index is 1.65. The van der Waals surface area contributed by atoms with E-state index in [2.05, 4.69) is 4.90 Å². The molecule has 0 aromatic heterocycles. The van der Waals surface area contributed by atoms with Crippen molar-refractivity contribution in [3.8, 4) is 0 Å². The van der Waals surface area contributed by atoms with E-state index < -0.39 is 0 Å². The van der Waals surface area contributed by atoms with Crippen LogP contribution in [0.25, 0.3) is 0 Å². The number of hydrogen-bond acceptors (Lipinski definition) is 4. The van der Waals surface area contributed by atoms with Gasteiger partial charge in [-0.25, -0.2) is 0 Å². The summed E-state index contributed by atoms with van der Waals surface area (Å²) in [6.45, 7) is 3.27. The van der Waals surface area contributed by atoms with E-state index in [0.717, 1.165) is 25.9 Å². The Bertz CT molecular complexity index is 324. The van der Waals surface area contributed by atoms with Crippen LogP contribution in [0.15, 0.2) is 0 Å². The minimum Gasteiger partial charge on any atom is -0.396 e. The van der Waals surface area contributed by atoms with E-state index in [1.807, 2.05) is 11.9 Å². The van der Waals surface area contributed by atoms with Crippen LogP contribution in [-0.4, -0.2) is 72.9 Å². The molecule has 1 saturated heterocycles. The van der Waals surface area contributed by atoms with Gasteiger partial charge >= 0.3 is 0 Å². The van der Waals surface area contributed by atoms with Crippen molar-refractivity contribution < 1.29 is 14.6 Å². The van der Waals surface area contributed by atoms with Gasteiger partial charge in [0.25, 0.3) is 0 Å². The molecular formula is C17H32N2O3. The first-order valence-electron chi connectivity index (χ1n) is 8.91. The van der Waals surface area contributed by atoms with Crippen LogP contribution in [0, 0.1) is 0 Å². The molecule has 1 heterocycles. The first-order chi connectivity index (χ1) is 10.7. The predicted molar refractivity (Wildman–Crippen MR) is 86.8 cm³/mol. The molecule has 0 aromatic rings. The molecule has 0 atom stereocenters. The Morgan fingerprint density at radius 1 is 1.18 bits per heavy atom. The Labute approximate surface area is 134 Å². The maximum absolute atomic E-state index is 12.4. The number of likely N-dealkylation sites (N-methyl/N-ethyl adjacent to an activating group) is 1. The lowest BCUT2D eigenvalue weighted by atomic mass is 9.94. The fourth-order valence-corrected chi connectivity index (χ4v) is 3.52. The lowest BCUT2D eigenvalue weighted by Gasteiger charge is -2.35. The van der Waals surface area contributed by atoms with Gasteiger partial charge in [-0.3, -0.25) is 9.69 Å². The molecule has 1 aliphatic carbocycles. The highest BCUT2D eigenvalue weighted by molar-refractivity contribution is 5.78. The summed E-state index contributed by atoms with van der Waals surface area (Å²) in [4.78, 5) is 16.7. The molecule has 1 amide bonds. The monoisotopic (exact) mass is 312 g/mol. The number of nitrogens with zero attached hydrogens (tertiary/aromatic N) is 2. The summed E-state index contributed by atoms with van der Waals surface area (Å²) >= 11 is 0. The van der Waals surface area contributed by atoms with Gasteiger partial charge in [0.05, 0.1) is 12.6 Å². The fourth-order valence-electron chi connectivity index (χ4n) is 3.52. The van der Waals surface area contributed by atoms with E-state index in [-0.39, 0.29) is 12.5 Å². The summed E-state index contributed by atoms with van der Waals surface area (Å²) in [5.41, 5.74) is 0. The number of piperidine rings is 1. The quantitative estimate of drug-likeness (QED) is 0.726. The van der Waals surface area contributed by atoms with E-state index in [1.165, 1.54) is 32.1 Å². The van der Waals surface area contributed by atoms with Crippen LogP contribution in [0.4, 0.5) is 0 Å². The summed E-state index contributed by atoms with van der Waals surface area (Å²) in [6, 6.07) is 0.459. The van der Waals surface area contributed by atoms with Gasteiger partial charge in [-0.1, -0.05) is 19.3 Å². The van der Waals surface area contributed by atoms with Crippen LogP contribution >= 0.6 is 0 Å². The number of hydrogen-bond donors (Lipinski definition) is 1. The number of aliphatic hydroxyl groups excluding tert-OH is 1. The normalized spacial score (nSPS) is 21.9. The molecule has 1 N–H and O–H groups in total. The highest BCUT2D eigenvalue weighted by Crippen LogP contribution is 2.22. The number of amides is 1. The first-order valence-corrected chi connectivity index (χ1v) is 8.91. The minimum atomic E-state index is 0.195. The van der Waals surface area contributed by atoms with Crippen LogP contribution < -0.4 is 0 Å². The summed E-state index contributed by atoms with van der Waals surface area (Å²) in [5.74, 6) is 0.270. The van der Waals surface area contributed by atoms with Crippen LogP contribution in [0.5, 0.6) is 0 Å². The second-order valence-electron chi connectivity index (χ2n) is 6.72. The van der Waals surface area contributed by atoms with Crippen LogP contribution in [0.2, 0.25) is 0 Å². The number of ether oxygens (including phenoxy) is 1. The summed E-state index contributed by atoms with van der Waals surface area (Å²) < 4.78 is 5.74. The maximum Gasteiger partial charge on any atom is 0.236 e. The number of likely N-dealkylation sites (tertiary alicyclic amines) is 1. The number of rotatable bonds is 7. The Hall–Kier alpha value is -0.650. The summed E-state index contributed by atoms with van der Waals surface area (Å²) in [7, 11) is 1.98. The van der Waals surface area contributed by atoms with Gasteiger partial charge in [0.2, 0.25) is 5.91 Å². The highest BCUT2D eigenvalue weighted by Gasteiger charge is 2.25. The van der Waals surface area contributed by atoms with Crippen LogP contribution in [-0.2, 0) is 9.53 Å². The van der Waals surface area contributed by atoms with E-state index >= 15 is 0 Å². The molecule has 0 aromatic carbocycles. The van der Waals surface area contributed by atoms with E-state index in [9.17, 15) is 4.79 Å². The van der Waals surface area contributed by atoms with Crippen molar-refractivity contribution in [2.75, 3.05) is 39.9 Å². The lowest BCUT2D eigenvalue weighted by Crippen LogP contribution is -2.46. The highest BCUT2D eigenvalue weighted by atomic mass is 16.5. The van der Waals surface area contributed by atoms with Crippen molar-refractivity contribution in [3.05, 3.63) is 0 Å². The largest absolute Gasteiger partial charge is 0.396 e. The topological polar surface area (TPSA) is 53.0 Å². The molecule has 0 spiro atoms. The number of carbonyl (C=O) groups is 1. The minimum absolute atomic E-state index is 0.195. The molecule has 0 unspecified atom stereocenters. The Morgan fingerprint density at radius 3 is 2.50 bits per heavy atom. The zero-order valence-electron chi connectivity index (χ0n) is 14.0. The third-order valence-corrected chi connectivity index (χ3v) is 5.07. The number of aliphatic hydroxyl groups is 1. The van der Waals surface area contributed by atoms with E-state index in [1.54, 1.807) is 0 Å². The zero-order chi connectivity index (χ0) is 15.8. The molecule has 1 saturated carbocycles. The molecule has 128 valence electrons. The molecule has 2 aliphatic rings. The Morgan fingerprint density at radius 2 is 1.86 bits per heavy atom. The van der Waals surface area contributed by atoms with Gasteiger partial charge in [0.1, 0.15) is 0 Å². The average molecular weight is 312 g/mol. The maximum atomic E-state index is 12.4. The van der Waals surface area contributed by atoms with Crippen molar-refractivity contribution in [3.63, 3.8) is 0 Å². The van der Waals surface area contributed by atoms with Crippen molar-refractivity contribution >= 4 is 5.91 Å². The summed E-state index contributed by atoms with van der Waals surface area (Å²) in [5, 5.41) is 8.77. The predicted octanol–water partition coefficient (Wildman–Crippen LogP) is 1.64. The lowest BCUT2D eigenvalue weighted by molar-refractivity contribution is -0.134. The molecular weight excluding hydrogens is 280 g/mol. The van der Waals surface area contributed by atoms with E-state index in [0.29, 0.717) is 31.7 Å². The summed E-state index contributed by atoms with van der Waals surface area (Å²) in [6.07, 6.45) is 9.18. The van der Waals surface area contributed by atoms with Crippen molar-refractivity contribution in [1.29, 1.82) is 0 Å². The zero-order valence-corrected chi connectivity index (χ0v) is 14.0. The van der Waals surface area contributed by atoms with Crippen molar-refractivity contribution in [2.24, 2.45) is 0 Å². The van der Waals surface area contributed by atoms with Gasteiger partial charge in [-0.05, 0) is 32.1 Å². The molecule has 5 nitrogen and oxygen atoms in total. The molecule has 0 radical (unpaired) electrons. The van der Waals surface area contributed by atoms with Crippen molar-refractivity contribution in [2.45, 2.75) is 63.5 Å². The van der Waals surface area contributed by atoms with Gasteiger partial charge in [0, 0.05) is 39.4 Å². The SMILES string of the molecule is CN(C(=O)CN1CCC(OCCCO)CC1)C1CCCCC1. The van der Waals surface area contributed by atoms with Crippen LogP contribution in [0.3, 0.4) is 0 Å². The van der Waals surface area contributed by atoms with Gasteiger partial charge in [0.15, 0.2) is 0 Å². The molecule has 5 heteroatoms. The number of carbonyl (C=O) groups excluding carboxylic acids is 1. The average Bonchev–Trinajstić information content (AvgIpc) is 2.57. The Kier molecular flexibility index (Phi) is 7.63. The second-order valence-corrected chi connectivity index (χ2v) is 6.72. The molecule has 0 bridgehead atoms. The fraction of sp³-hybridized carbons (Fsp3) is 0.941.